The Balaban J connectivity index is 1.48. The van der Waals surface area contributed by atoms with Gasteiger partial charge in [0, 0.05) is 0 Å². The van der Waals surface area contributed by atoms with Crippen LogP contribution in [0.2, 0.25) is 5.02 Å². The number of carbonyl (C=O) groups is 1. The number of hydrogen-bond acceptors (Lipinski definition) is 5. The Kier molecular flexibility index (Phi) is 7.24. The molecular formula is C27H19ClFN3O3. The molecule has 1 N–H and O–H groups in total. The van der Waals surface area contributed by atoms with Crippen molar-refractivity contribution >= 4 is 34.5 Å². The van der Waals surface area contributed by atoms with Crippen molar-refractivity contribution in [1.82, 2.24) is 5.43 Å². The second-order valence-electron chi connectivity index (χ2n) is 7.47. The second kappa shape index (κ2) is 10.7. The number of methoxy groups -OCH3 is 1. The quantitative estimate of drug-likeness (QED) is 0.261. The molecular weight excluding hydrogens is 469 g/mol. The highest BCUT2D eigenvalue weighted by molar-refractivity contribution is 6.32. The lowest BCUT2D eigenvalue weighted by atomic mass is 10.1. The molecule has 4 aromatic rings. The van der Waals surface area contributed by atoms with E-state index in [-0.39, 0.29) is 17.7 Å². The SMILES string of the molecule is COc1cc(/C=N\NC(=O)c2ccc(C#N)cc2F)cc(Cl)c1OCc1cccc2ccccc12. The summed E-state index contributed by atoms with van der Waals surface area (Å²) < 4.78 is 25.5. The number of carbonyl (C=O) groups excluding carboxylic acids is 1. The molecule has 0 aliphatic heterocycles. The summed E-state index contributed by atoms with van der Waals surface area (Å²) in [6, 6.07) is 22.7. The number of fused-ring (bicyclic) bond motifs is 1. The number of rotatable bonds is 7. The molecule has 0 aliphatic carbocycles. The maximum atomic E-state index is 14.0. The largest absolute Gasteiger partial charge is 0.493 e. The summed E-state index contributed by atoms with van der Waals surface area (Å²) in [6.45, 7) is 0.289. The van der Waals surface area contributed by atoms with Crippen LogP contribution in [-0.4, -0.2) is 19.2 Å². The van der Waals surface area contributed by atoms with Crippen LogP contribution >= 0.6 is 11.6 Å². The lowest BCUT2D eigenvalue weighted by Crippen LogP contribution is -2.19. The first kappa shape index (κ1) is 23.7. The van der Waals surface area contributed by atoms with Crippen molar-refractivity contribution in [3.63, 3.8) is 0 Å². The van der Waals surface area contributed by atoms with E-state index in [2.05, 4.69) is 10.5 Å². The number of amides is 1. The van der Waals surface area contributed by atoms with E-state index in [0.717, 1.165) is 22.4 Å². The monoisotopic (exact) mass is 487 g/mol. The third-order valence-electron chi connectivity index (χ3n) is 5.23. The van der Waals surface area contributed by atoms with Gasteiger partial charge in [0.25, 0.3) is 5.91 Å². The first-order chi connectivity index (χ1) is 17.0. The van der Waals surface area contributed by atoms with Crippen molar-refractivity contribution in [1.29, 1.82) is 5.26 Å². The molecule has 0 saturated heterocycles. The highest BCUT2D eigenvalue weighted by Gasteiger charge is 2.14. The van der Waals surface area contributed by atoms with Gasteiger partial charge in [-0.1, -0.05) is 54.1 Å². The number of nitrogens with zero attached hydrogens (tertiary/aromatic N) is 2. The average Bonchev–Trinajstić information content (AvgIpc) is 2.87. The van der Waals surface area contributed by atoms with Crippen molar-refractivity contribution < 1.29 is 18.7 Å². The molecule has 0 heterocycles. The molecule has 0 saturated carbocycles. The Bertz CT molecular complexity index is 1480. The number of nitriles is 1. The minimum Gasteiger partial charge on any atom is -0.493 e. The molecule has 4 aromatic carbocycles. The van der Waals surface area contributed by atoms with Gasteiger partial charge in [-0.25, -0.2) is 9.82 Å². The van der Waals surface area contributed by atoms with Gasteiger partial charge in [-0.05, 0) is 52.2 Å². The van der Waals surface area contributed by atoms with Crippen LogP contribution in [0, 0.1) is 17.1 Å². The third kappa shape index (κ3) is 5.40. The number of benzene rings is 4. The highest BCUT2D eigenvalue weighted by Crippen LogP contribution is 2.37. The van der Waals surface area contributed by atoms with Crippen molar-refractivity contribution in [2.45, 2.75) is 6.61 Å². The summed E-state index contributed by atoms with van der Waals surface area (Å²) in [4.78, 5) is 12.2. The number of nitrogens with one attached hydrogen (secondary N) is 1. The van der Waals surface area contributed by atoms with Crippen LogP contribution in [0.3, 0.4) is 0 Å². The van der Waals surface area contributed by atoms with E-state index < -0.39 is 11.7 Å². The molecule has 4 rings (SSSR count). The lowest BCUT2D eigenvalue weighted by molar-refractivity contribution is 0.0951. The van der Waals surface area contributed by atoms with Gasteiger partial charge in [0.2, 0.25) is 0 Å². The average molecular weight is 488 g/mol. The standard InChI is InChI=1S/C27H19ClFN3O3/c1-34-25-13-18(15-31-32-27(33)22-10-9-17(14-30)12-24(22)29)11-23(28)26(25)35-16-20-7-4-6-19-5-2-3-8-21(19)20/h2-13,15H,16H2,1H3,(H,32,33)/b31-15-. The normalized spacial score (nSPS) is 10.8. The van der Waals surface area contributed by atoms with Gasteiger partial charge in [0.1, 0.15) is 12.4 Å². The smallest absolute Gasteiger partial charge is 0.274 e. The summed E-state index contributed by atoms with van der Waals surface area (Å²) in [6.07, 6.45) is 1.35. The van der Waals surface area contributed by atoms with Gasteiger partial charge in [0.05, 0.1) is 35.5 Å². The summed E-state index contributed by atoms with van der Waals surface area (Å²) in [5.74, 6) is -0.794. The molecule has 6 nitrogen and oxygen atoms in total. The zero-order valence-corrected chi connectivity index (χ0v) is 19.3. The van der Waals surface area contributed by atoms with E-state index in [4.69, 9.17) is 26.3 Å². The Morgan fingerprint density at radius 3 is 2.71 bits per heavy atom. The van der Waals surface area contributed by atoms with E-state index in [9.17, 15) is 9.18 Å². The van der Waals surface area contributed by atoms with Gasteiger partial charge < -0.3 is 9.47 Å². The van der Waals surface area contributed by atoms with Gasteiger partial charge in [-0.2, -0.15) is 10.4 Å². The number of halogens is 2. The minimum atomic E-state index is -0.811. The van der Waals surface area contributed by atoms with Crippen LogP contribution in [0.15, 0.2) is 77.9 Å². The summed E-state index contributed by atoms with van der Waals surface area (Å²) in [5.41, 5.74) is 3.68. The number of ether oxygens (including phenoxy) is 2. The molecule has 0 aromatic heterocycles. The van der Waals surface area contributed by atoms with E-state index in [1.165, 1.54) is 25.5 Å². The first-order valence-electron chi connectivity index (χ1n) is 10.5. The van der Waals surface area contributed by atoms with Crippen LogP contribution < -0.4 is 14.9 Å². The number of hydrazone groups is 1. The van der Waals surface area contributed by atoms with Crippen molar-refractivity contribution in [2.75, 3.05) is 7.11 Å². The van der Waals surface area contributed by atoms with Crippen LogP contribution in [0.1, 0.15) is 27.0 Å². The van der Waals surface area contributed by atoms with Crippen LogP contribution in [-0.2, 0) is 6.61 Å². The fraction of sp³-hybridized carbons (Fsp3) is 0.0741. The molecule has 174 valence electrons. The van der Waals surface area contributed by atoms with E-state index in [0.29, 0.717) is 22.1 Å². The van der Waals surface area contributed by atoms with Crippen molar-refractivity contribution in [2.24, 2.45) is 5.10 Å². The summed E-state index contributed by atoms with van der Waals surface area (Å²) in [5, 5.41) is 15.2. The van der Waals surface area contributed by atoms with E-state index >= 15 is 0 Å². The molecule has 0 spiro atoms. The van der Waals surface area contributed by atoms with E-state index in [1.54, 1.807) is 12.1 Å². The summed E-state index contributed by atoms with van der Waals surface area (Å²) >= 11 is 6.45. The number of hydrogen-bond donors (Lipinski definition) is 1. The van der Waals surface area contributed by atoms with Gasteiger partial charge in [-0.15, -0.1) is 0 Å². The first-order valence-corrected chi connectivity index (χ1v) is 10.9. The molecule has 0 unspecified atom stereocenters. The van der Waals surface area contributed by atoms with Crippen LogP contribution in [0.4, 0.5) is 4.39 Å². The summed E-state index contributed by atoms with van der Waals surface area (Å²) in [7, 11) is 1.49. The molecule has 0 atom stereocenters. The lowest BCUT2D eigenvalue weighted by Gasteiger charge is -2.14. The molecule has 8 heteroatoms. The van der Waals surface area contributed by atoms with Gasteiger partial charge in [0.15, 0.2) is 11.5 Å². The fourth-order valence-electron chi connectivity index (χ4n) is 3.52. The maximum Gasteiger partial charge on any atom is 0.274 e. The van der Waals surface area contributed by atoms with Gasteiger partial charge >= 0.3 is 0 Å². The maximum absolute atomic E-state index is 14.0. The topological polar surface area (TPSA) is 83.7 Å². The van der Waals surface area contributed by atoms with Crippen LogP contribution in [0.5, 0.6) is 11.5 Å². The highest BCUT2D eigenvalue weighted by atomic mass is 35.5. The molecule has 0 aliphatic rings. The third-order valence-corrected chi connectivity index (χ3v) is 5.51. The zero-order valence-electron chi connectivity index (χ0n) is 18.6. The Morgan fingerprint density at radius 2 is 1.94 bits per heavy atom. The van der Waals surface area contributed by atoms with Crippen molar-refractivity contribution in [3.05, 3.63) is 106 Å². The van der Waals surface area contributed by atoms with Gasteiger partial charge in [-0.3, -0.25) is 4.79 Å². The predicted molar refractivity (Wildman–Crippen MR) is 132 cm³/mol. The Labute approximate surface area is 206 Å². The minimum absolute atomic E-state index is 0.118. The Hall–Kier alpha value is -4.41. The van der Waals surface area contributed by atoms with Crippen LogP contribution in [0.25, 0.3) is 10.8 Å². The molecule has 0 bridgehead atoms. The Morgan fingerprint density at radius 1 is 1.14 bits per heavy atom. The van der Waals surface area contributed by atoms with Crippen molar-refractivity contribution in [3.8, 4) is 17.6 Å². The second-order valence-corrected chi connectivity index (χ2v) is 7.87. The van der Waals surface area contributed by atoms with E-state index in [1.807, 2.05) is 48.5 Å². The fourth-order valence-corrected chi connectivity index (χ4v) is 3.79. The molecule has 35 heavy (non-hydrogen) atoms. The molecule has 0 radical (unpaired) electrons. The molecule has 1 amide bonds. The molecule has 0 fully saturated rings. The predicted octanol–water partition coefficient (Wildman–Crippen LogP) is 5.86. The zero-order chi connectivity index (χ0) is 24.8.